The van der Waals surface area contributed by atoms with Crippen molar-refractivity contribution in [3.63, 3.8) is 0 Å². The summed E-state index contributed by atoms with van der Waals surface area (Å²) in [5.41, 5.74) is 0. The highest BCUT2D eigenvalue weighted by molar-refractivity contribution is 5.88. The van der Waals surface area contributed by atoms with Crippen LogP contribution in [0, 0.1) is 0 Å². The van der Waals surface area contributed by atoms with Crippen molar-refractivity contribution >= 4 is 29.4 Å². The van der Waals surface area contributed by atoms with Gasteiger partial charge in [0.05, 0.1) is 19.3 Å². The number of aliphatic hydroxyl groups is 6. The summed E-state index contributed by atoms with van der Waals surface area (Å²) in [6.45, 7) is 3.98. The molecule has 2 fully saturated rings. The van der Waals surface area contributed by atoms with Crippen molar-refractivity contribution < 1.29 is 73.6 Å². The predicted octanol–water partition coefficient (Wildman–Crippen LogP) is -2.22. The SMILES string of the molecule is CCC(=O)C(CCCCNC(=O)CCCCCOC1OC(CO)C(O)C(O)C1NC(C)=O)NC(=O)CCCCCOC1OC(CO)C(O)C(O)C1NC(C)=O. The molecule has 19 heteroatoms. The highest BCUT2D eigenvalue weighted by Crippen LogP contribution is 2.24. The van der Waals surface area contributed by atoms with Gasteiger partial charge in [-0.1, -0.05) is 19.8 Å². The molecule has 0 aliphatic carbocycles. The summed E-state index contributed by atoms with van der Waals surface area (Å²) in [5.74, 6) is -1.33. The molecule has 2 heterocycles. The molecule has 4 amide bonds. The van der Waals surface area contributed by atoms with Gasteiger partial charge in [-0.15, -0.1) is 0 Å². The molecule has 0 saturated carbocycles. The smallest absolute Gasteiger partial charge is 0.220 e. The van der Waals surface area contributed by atoms with Gasteiger partial charge < -0.3 is 70.9 Å². The summed E-state index contributed by atoms with van der Waals surface area (Å²) >= 11 is 0. The molecule has 11 atom stereocenters. The van der Waals surface area contributed by atoms with Crippen LogP contribution in [0.5, 0.6) is 0 Å². The molecule has 0 aromatic rings. The average Bonchev–Trinajstić information content (AvgIpc) is 3.15. The van der Waals surface area contributed by atoms with Gasteiger partial charge in [0, 0.05) is 52.9 Å². The van der Waals surface area contributed by atoms with Crippen LogP contribution < -0.4 is 21.3 Å². The minimum atomic E-state index is -1.40. The maximum Gasteiger partial charge on any atom is 0.220 e. The van der Waals surface area contributed by atoms with E-state index in [1.54, 1.807) is 6.92 Å². The fourth-order valence-corrected chi connectivity index (χ4v) is 6.37. The van der Waals surface area contributed by atoms with Crippen LogP contribution in [0.4, 0.5) is 0 Å². The average molecular weight is 793 g/mol. The molecule has 2 rings (SSSR count). The van der Waals surface area contributed by atoms with E-state index in [-0.39, 0.29) is 43.7 Å². The molecule has 2 aliphatic rings. The molecule has 2 aliphatic heterocycles. The first-order valence-electron chi connectivity index (χ1n) is 19.3. The van der Waals surface area contributed by atoms with E-state index < -0.39 is 92.4 Å². The first-order chi connectivity index (χ1) is 26.2. The second kappa shape index (κ2) is 26.1. The second-order valence-corrected chi connectivity index (χ2v) is 14.0. The highest BCUT2D eigenvalue weighted by Gasteiger charge is 2.46. The molecule has 318 valence electrons. The lowest BCUT2D eigenvalue weighted by Crippen LogP contribution is -2.64. The maximum absolute atomic E-state index is 12.6. The van der Waals surface area contributed by atoms with Crippen LogP contribution in [0.3, 0.4) is 0 Å². The Balaban J connectivity index is 1.59. The van der Waals surface area contributed by atoms with Crippen LogP contribution in [0.2, 0.25) is 0 Å². The number of aliphatic hydroxyl groups excluding tert-OH is 6. The predicted molar refractivity (Wildman–Crippen MR) is 194 cm³/mol. The summed E-state index contributed by atoms with van der Waals surface area (Å²) in [5, 5.41) is 70.5. The molecule has 0 radical (unpaired) electrons. The van der Waals surface area contributed by atoms with Gasteiger partial charge in [0.2, 0.25) is 23.6 Å². The molecule has 0 aromatic heterocycles. The number of carbonyl (C=O) groups is 5. The van der Waals surface area contributed by atoms with Gasteiger partial charge in [-0.3, -0.25) is 24.0 Å². The number of carbonyl (C=O) groups excluding carboxylic acids is 5. The van der Waals surface area contributed by atoms with Crippen LogP contribution in [-0.2, 0) is 42.9 Å². The molecule has 11 unspecified atom stereocenters. The number of hydrogen-bond donors (Lipinski definition) is 10. The normalized spacial score (nSPS) is 28.5. The molecular weight excluding hydrogens is 728 g/mol. The molecule has 2 saturated heterocycles. The van der Waals surface area contributed by atoms with Gasteiger partial charge >= 0.3 is 0 Å². The molecular formula is C36H64N4O15. The summed E-state index contributed by atoms with van der Waals surface area (Å²) in [7, 11) is 0. The van der Waals surface area contributed by atoms with Crippen LogP contribution in [-0.4, -0.2) is 160 Å². The zero-order valence-electron chi connectivity index (χ0n) is 32.2. The van der Waals surface area contributed by atoms with E-state index in [9.17, 15) is 54.6 Å². The quantitative estimate of drug-likeness (QED) is 0.0415. The molecule has 10 N–H and O–H groups in total. The molecule has 19 nitrogen and oxygen atoms in total. The highest BCUT2D eigenvalue weighted by atomic mass is 16.7. The fourth-order valence-electron chi connectivity index (χ4n) is 6.37. The number of rotatable bonds is 26. The van der Waals surface area contributed by atoms with Gasteiger partial charge in [0.1, 0.15) is 48.7 Å². The van der Waals surface area contributed by atoms with Crippen molar-refractivity contribution in [2.24, 2.45) is 0 Å². The van der Waals surface area contributed by atoms with Crippen molar-refractivity contribution in [3.8, 4) is 0 Å². The Morgan fingerprint density at radius 2 is 1.11 bits per heavy atom. The lowest BCUT2D eigenvalue weighted by Gasteiger charge is -2.42. The van der Waals surface area contributed by atoms with E-state index in [0.29, 0.717) is 70.8 Å². The lowest BCUT2D eigenvalue weighted by atomic mass is 9.97. The van der Waals surface area contributed by atoms with Crippen molar-refractivity contribution in [1.82, 2.24) is 21.3 Å². The lowest BCUT2D eigenvalue weighted by molar-refractivity contribution is -0.270. The Kier molecular flexibility index (Phi) is 23.0. The standard InChI is InChI=1S/C36H64N4O15/c1-4-24(45)23(40-28(47)15-8-6-12-18-53-36-30(39-22(3)44)34(51)32(49)26(20-42)55-36)13-9-10-16-37-27(46)14-7-5-11-17-52-35-29(38-21(2)43)33(50)31(48)25(19-41)54-35/h23,25-26,29-36,41-42,48-51H,4-20H2,1-3H3,(H,37,46)(H,38,43)(H,39,44)(H,40,47). The monoisotopic (exact) mass is 792 g/mol. The van der Waals surface area contributed by atoms with E-state index in [1.165, 1.54) is 13.8 Å². The molecule has 0 spiro atoms. The first-order valence-corrected chi connectivity index (χ1v) is 19.3. The van der Waals surface area contributed by atoms with Crippen molar-refractivity contribution in [1.29, 1.82) is 0 Å². The van der Waals surface area contributed by atoms with E-state index in [1.807, 2.05) is 0 Å². The number of unbranched alkanes of at least 4 members (excludes halogenated alkanes) is 5. The summed E-state index contributed by atoms with van der Waals surface area (Å²) in [6, 6.07) is -2.65. The van der Waals surface area contributed by atoms with Crippen LogP contribution in [0.1, 0.15) is 97.8 Å². The van der Waals surface area contributed by atoms with Gasteiger partial charge in [-0.25, -0.2) is 0 Å². The molecule has 55 heavy (non-hydrogen) atoms. The number of hydrogen-bond acceptors (Lipinski definition) is 15. The number of amides is 4. The van der Waals surface area contributed by atoms with Crippen LogP contribution >= 0.6 is 0 Å². The van der Waals surface area contributed by atoms with E-state index in [4.69, 9.17) is 18.9 Å². The van der Waals surface area contributed by atoms with E-state index in [0.717, 1.165) is 0 Å². The van der Waals surface area contributed by atoms with Gasteiger partial charge in [0.15, 0.2) is 18.4 Å². The Morgan fingerprint density at radius 3 is 1.55 bits per heavy atom. The van der Waals surface area contributed by atoms with Gasteiger partial charge in [0.25, 0.3) is 0 Å². The zero-order valence-corrected chi connectivity index (χ0v) is 32.2. The first kappa shape index (κ1) is 48.3. The zero-order chi connectivity index (χ0) is 40.9. The number of ketones is 1. The number of Topliss-reactive ketones (excluding diaryl/α,β-unsaturated/α-hetero) is 1. The Hall–Kier alpha value is -2.85. The van der Waals surface area contributed by atoms with Crippen molar-refractivity contribution in [3.05, 3.63) is 0 Å². The maximum atomic E-state index is 12.6. The Bertz CT molecular complexity index is 1180. The third-order valence-corrected chi connectivity index (χ3v) is 9.48. The molecule has 0 aromatic carbocycles. The van der Waals surface area contributed by atoms with E-state index >= 15 is 0 Å². The van der Waals surface area contributed by atoms with E-state index in [2.05, 4.69) is 21.3 Å². The minimum Gasteiger partial charge on any atom is -0.394 e. The van der Waals surface area contributed by atoms with Crippen molar-refractivity contribution in [2.45, 2.75) is 165 Å². The second-order valence-electron chi connectivity index (χ2n) is 14.0. The minimum absolute atomic E-state index is 0.0767. The van der Waals surface area contributed by atoms with Crippen molar-refractivity contribution in [2.75, 3.05) is 33.0 Å². The fraction of sp³-hybridized carbons (Fsp3) is 0.861. The number of ether oxygens (including phenoxy) is 4. The third-order valence-electron chi connectivity index (χ3n) is 9.48. The molecule has 0 bridgehead atoms. The largest absolute Gasteiger partial charge is 0.394 e. The summed E-state index contributed by atoms with van der Waals surface area (Å²) in [6.07, 6.45) is -3.92. The van der Waals surface area contributed by atoms with Crippen LogP contribution in [0.25, 0.3) is 0 Å². The third kappa shape index (κ3) is 17.0. The van der Waals surface area contributed by atoms with Gasteiger partial charge in [-0.05, 0) is 44.9 Å². The van der Waals surface area contributed by atoms with Crippen LogP contribution in [0.15, 0.2) is 0 Å². The topological polar surface area (TPSA) is 292 Å². The summed E-state index contributed by atoms with van der Waals surface area (Å²) < 4.78 is 22.4. The Morgan fingerprint density at radius 1 is 0.636 bits per heavy atom. The Labute approximate surface area is 322 Å². The number of nitrogens with one attached hydrogen (secondary N) is 4. The van der Waals surface area contributed by atoms with Gasteiger partial charge in [-0.2, -0.15) is 0 Å². The summed E-state index contributed by atoms with van der Waals surface area (Å²) in [4.78, 5) is 60.5.